The topological polar surface area (TPSA) is 72.8 Å². The molecule has 1 saturated heterocycles. The molecule has 2 aliphatic carbocycles. The molecule has 1 heterocycles. The van der Waals surface area contributed by atoms with Crippen LogP contribution in [0.1, 0.15) is 73.1 Å². The summed E-state index contributed by atoms with van der Waals surface area (Å²) in [5.41, 5.74) is 0.785. The number of fused-ring (bicyclic) bond motifs is 1. The molecule has 3 aliphatic rings. The zero-order valence-corrected chi connectivity index (χ0v) is 19.1. The van der Waals surface area contributed by atoms with Gasteiger partial charge in [0.1, 0.15) is 12.2 Å². The Labute approximate surface area is 180 Å². The van der Waals surface area contributed by atoms with Crippen molar-refractivity contribution in [3.8, 4) is 0 Å². The molecule has 0 saturated carbocycles. The lowest BCUT2D eigenvalue weighted by atomic mass is 9.65. The molecule has 168 valence electrons. The van der Waals surface area contributed by atoms with Crippen LogP contribution in [0.2, 0.25) is 0 Å². The van der Waals surface area contributed by atoms with Crippen molar-refractivity contribution in [3.05, 3.63) is 23.8 Å². The summed E-state index contributed by atoms with van der Waals surface area (Å²) in [6.07, 6.45) is 9.61. The zero-order chi connectivity index (χ0) is 22.1. The van der Waals surface area contributed by atoms with Crippen molar-refractivity contribution in [1.29, 1.82) is 0 Å². The molecule has 30 heavy (non-hydrogen) atoms. The predicted octanol–water partition coefficient (Wildman–Crippen LogP) is 4.59. The molecule has 0 aromatic rings. The molecule has 0 aromatic carbocycles. The molecule has 5 heteroatoms. The molecule has 0 spiro atoms. The van der Waals surface area contributed by atoms with Gasteiger partial charge in [0.2, 0.25) is 0 Å². The number of esters is 2. The number of cyclic esters (lactones) is 1. The van der Waals surface area contributed by atoms with Gasteiger partial charge in [0.05, 0.1) is 17.9 Å². The van der Waals surface area contributed by atoms with Crippen LogP contribution < -0.4 is 0 Å². The van der Waals surface area contributed by atoms with Crippen molar-refractivity contribution < 1.29 is 24.2 Å². The summed E-state index contributed by atoms with van der Waals surface area (Å²) >= 11 is 0. The van der Waals surface area contributed by atoms with Crippen LogP contribution in [0.5, 0.6) is 0 Å². The quantitative estimate of drug-likeness (QED) is 0.639. The minimum absolute atomic E-state index is 0.0949. The Morgan fingerprint density at radius 3 is 2.67 bits per heavy atom. The second-order valence-corrected chi connectivity index (χ2v) is 10.3. The summed E-state index contributed by atoms with van der Waals surface area (Å²) in [6.45, 7) is 10.3. The van der Waals surface area contributed by atoms with Gasteiger partial charge in [-0.05, 0) is 62.9 Å². The highest BCUT2D eigenvalue weighted by atomic mass is 16.6. The summed E-state index contributed by atoms with van der Waals surface area (Å²) in [5.74, 6) is 0.776. The van der Waals surface area contributed by atoms with Crippen molar-refractivity contribution in [1.82, 2.24) is 0 Å². The van der Waals surface area contributed by atoms with Gasteiger partial charge in [-0.15, -0.1) is 0 Å². The average molecular weight is 419 g/mol. The number of ether oxygens (including phenoxy) is 2. The molecular formula is C25H38O5. The van der Waals surface area contributed by atoms with Crippen LogP contribution in [-0.4, -0.2) is 35.4 Å². The number of hydrogen-bond acceptors (Lipinski definition) is 5. The first-order valence-corrected chi connectivity index (χ1v) is 11.6. The highest BCUT2D eigenvalue weighted by Crippen LogP contribution is 2.45. The molecule has 2 unspecified atom stereocenters. The van der Waals surface area contributed by atoms with E-state index in [0.29, 0.717) is 24.2 Å². The van der Waals surface area contributed by atoms with E-state index in [1.54, 1.807) is 0 Å². The van der Waals surface area contributed by atoms with E-state index in [1.807, 2.05) is 20.8 Å². The van der Waals surface area contributed by atoms with Gasteiger partial charge in [-0.1, -0.05) is 39.0 Å². The summed E-state index contributed by atoms with van der Waals surface area (Å²) in [7, 11) is 0. The molecule has 1 N–H and O–H groups in total. The minimum Gasteiger partial charge on any atom is -0.462 e. The van der Waals surface area contributed by atoms with Gasteiger partial charge < -0.3 is 14.6 Å². The van der Waals surface area contributed by atoms with E-state index in [-0.39, 0.29) is 36.5 Å². The highest BCUT2D eigenvalue weighted by molar-refractivity contribution is 5.76. The van der Waals surface area contributed by atoms with Gasteiger partial charge in [-0.25, -0.2) is 0 Å². The van der Waals surface area contributed by atoms with Gasteiger partial charge in [-0.3, -0.25) is 9.59 Å². The lowest BCUT2D eigenvalue weighted by Gasteiger charge is -2.44. The molecule has 0 aromatic heterocycles. The van der Waals surface area contributed by atoms with Crippen LogP contribution in [0, 0.1) is 29.1 Å². The van der Waals surface area contributed by atoms with Gasteiger partial charge in [0.15, 0.2) is 0 Å². The first-order valence-electron chi connectivity index (χ1n) is 11.6. The standard InChI is InChI=1S/C25H38O5/c1-6-25(4,5)24(28)30-21-12-15(2)11-17-8-7-16(3)20(23(17)21)10-9-19-13-18(26)14-22(27)29-19/h7-8,11,15-16,18-21,23,26H,6,9-10,12-14H2,1-5H3/t15-,16-,18+,19+,20?,21-,23?/m0/s1. The van der Waals surface area contributed by atoms with E-state index >= 15 is 0 Å². The normalized spacial score (nSPS) is 36.5. The largest absolute Gasteiger partial charge is 0.462 e. The number of allylic oxidation sites excluding steroid dienone is 3. The lowest BCUT2D eigenvalue weighted by Crippen LogP contribution is -2.43. The van der Waals surface area contributed by atoms with Gasteiger partial charge in [0, 0.05) is 12.3 Å². The maximum absolute atomic E-state index is 12.9. The van der Waals surface area contributed by atoms with Crippen molar-refractivity contribution in [2.75, 3.05) is 0 Å². The number of rotatable bonds is 6. The predicted molar refractivity (Wildman–Crippen MR) is 115 cm³/mol. The van der Waals surface area contributed by atoms with E-state index < -0.39 is 11.5 Å². The van der Waals surface area contributed by atoms with Crippen molar-refractivity contribution in [2.45, 2.75) is 91.5 Å². The minimum atomic E-state index is -0.601. The fraction of sp³-hybridized carbons (Fsp3) is 0.760. The zero-order valence-electron chi connectivity index (χ0n) is 19.1. The van der Waals surface area contributed by atoms with Crippen LogP contribution in [-0.2, 0) is 19.1 Å². The maximum atomic E-state index is 12.9. The lowest BCUT2D eigenvalue weighted by molar-refractivity contribution is -0.166. The smallest absolute Gasteiger partial charge is 0.311 e. The second kappa shape index (κ2) is 9.25. The summed E-state index contributed by atoms with van der Waals surface area (Å²) in [4.78, 5) is 24.6. The fourth-order valence-electron chi connectivity index (χ4n) is 5.08. The van der Waals surface area contributed by atoms with E-state index in [0.717, 1.165) is 25.7 Å². The Bertz CT molecular complexity index is 706. The Kier molecular flexibility index (Phi) is 7.11. The number of aliphatic hydroxyl groups excluding tert-OH is 1. The van der Waals surface area contributed by atoms with Crippen molar-refractivity contribution in [3.63, 3.8) is 0 Å². The van der Waals surface area contributed by atoms with Gasteiger partial charge in [0.25, 0.3) is 0 Å². The maximum Gasteiger partial charge on any atom is 0.311 e. The Balaban J connectivity index is 1.76. The Hall–Kier alpha value is -1.62. The summed E-state index contributed by atoms with van der Waals surface area (Å²) < 4.78 is 11.6. The molecule has 1 fully saturated rings. The molecular weight excluding hydrogens is 380 g/mol. The summed E-state index contributed by atoms with van der Waals surface area (Å²) in [6, 6.07) is 0. The average Bonchev–Trinajstić information content (AvgIpc) is 2.66. The third-order valence-corrected chi connectivity index (χ3v) is 7.35. The van der Waals surface area contributed by atoms with E-state index in [2.05, 4.69) is 32.1 Å². The third-order valence-electron chi connectivity index (χ3n) is 7.35. The van der Waals surface area contributed by atoms with E-state index in [1.165, 1.54) is 5.57 Å². The first kappa shape index (κ1) is 23.1. The Morgan fingerprint density at radius 2 is 2.00 bits per heavy atom. The van der Waals surface area contributed by atoms with Crippen LogP contribution in [0.4, 0.5) is 0 Å². The van der Waals surface area contributed by atoms with Crippen LogP contribution in [0.25, 0.3) is 0 Å². The van der Waals surface area contributed by atoms with Crippen molar-refractivity contribution in [2.24, 2.45) is 29.1 Å². The van der Waals surface area contributed by atoms with Gasteiger partial charge >= 0.3 is 11.9 Å². The second-order valence-electron chi connectivity index (χ2n) is 10.3. The molecule has 1 aliphatic heterocycles. The monoisotopic (exact) mass is 418 g/mol. The number of carbonyl (C=O) groups excluding carboxylic acids is 2. The number of hydrogen-bond donors (Lipinski definition) is 1. The highest BCUT2D eigenvalue weighted by Gasteiger charge is 2.43. The number of aliphatic hydroxyl groups is 1. The Morgan fingerprint density at radius 1 is 1.27 bits per heavy atom. The van der Waals surface area contributed by atoms with E-state index in [4.69, 9.17) is 9.47 Å². The van der Waals surface area contributed by atoms with Gasteiger partial charge in [-0.2, -0.15) is 0 Å². The molecule has 3 rings (SSSR count). The van der Waals surface area contributed by atoms with Crippen LogP contribution >= 0.6 is 0 Å². The SMILES string of the molecule is CCC(C)(C)C(=O)O[C@H]1C[C@@H](C)C=C2C=C[C@H](C)C(CC[C@@H]3C[C@@H](O)CC(=O)O3)C21. The molecule has 7 atom stereocenters. The van der Waals surface area contributed by atoms with E-state index in [9.17, 15) is 14.7 Å². The van der Waals surface area contributed by atoms with Crippen LogP contribution in [0.3, 0.4) is 0 Å². The molecule has 0 bridgehead atoms. The fourth-order valence-corrected chi connectivity index (χ4v) is 5.08. The number of carbonyl (C=O) groups is 2. The summed E-state index contributed by atoms with van der Waals surface area (Å²) in [5, 5.41) is 9.92. The van der Waals surface area contributed by atoms with Crippen LogP contribution in [0.15, 0.2) is 23.8 Å². The molecule has 0 radical (unpaired) electrons. The van der Waals surface area contributed by atoms with Crippen molar-refractivity contribution >= 4 is 11.9 Å². The third kappa shape index (κ3) is 5.16. The molecule has 0 amide bonds. The molecule has 5 nitrogen and oxygen atoms in total. The first-order chi connectivity index (χ1) is 14.1.